The highest BCUT2D eigenvalue weighted by Crippen LogP contribution is 2.34. The average molecular weight is 429 g/mol. The number of carbonyl (C=O) groups excluding carboxylic acids is 1. The lowest BCUT2D eigenvalue weighted by Crippen LogP contribution is -2.58. The Labute approximate surface area is 180 Å². The van der Waals surface area contributed by atoms with Crippen LogP contribution in [0, 0.1) is 11.3 Å². The average Bonchev–Trinajstić information content (AvgIpc) is 2.79. The lowest BCUT2D eigenvalue weighted by atomic mass is 10.0. The zero-order valence-corrected chi connectivity index (χ0v) is 17.8. The Morgan fingerprint density at radius 2 is 2.03 bits per heavy atom. The number of alkyl halides is 2. The summed E-state index contributed by atoms with van der Waals surface area (Å²) in [4.78, 5) is 24.7. The van der Waals surface area contributed by atoms with Crippen molar-refractivity contribution in [3.05, 3.63) is 47.8 Å². The maximum absolute atomic E-state index is 14.6. The summed E-state index contributed by atoms with van der Waals surface area (Å²) < 4.78 is 34.2. The van der Waals surface area contributed by atoms with Gasteiger partial charge in [0.25, 0.3) is 5.92 Å². The standard InChI is InChI=1S/C22H25F2N5O2/c1-15-14-29(16(2)13-28(15)19-5-4-17(11-25)12-27-19)21(30)6-8-22(23,24)18-7-9-26-20(10-18)31-3/h4-5,7,9-10,12,15-16H,6,8,13-14H2,1-3H3/t15-,16-/m0/s1. The molecule has 164 valence electrons. The summed E-state index contributed by atoms with van der Waals surface area (Å²) in [5, 5.41) is 8.92. The van der Waals surface area contributed by atoms with E-state index >= 15 is 0 Å². The van der Waals surface area contributed by atoms with E-state index in [9.17, 15) is 13.6 Å². The van der Waals surface area contributed by atoms with E-state index in [4.69, 9.17) is 10.00 Å². The van der Waals surface area contributed by atoms with Crippen LogP contribution in [0.2, 0.25) is 0 Å². The maximum Gasteiger partial charge on any atom is 0.274 e. The van der Waals surface area contributed by atoms with Gasteiger partial charge in [0.1, 0.15) is 11.9 Å². The third kappa shape index (κ3) is 5.08. The molecule has 1 fully saturated rings. The van der Waals surface area contributed by atoms with Crippen LogP contribution in [0.4, 0.5) is 14.6 Å². The Kier molecular flexibility index (Phi) is 6.68. The topological polar surface area (TPSA) is 82.4 Å². The molecule has 0 N–H and O–H groups in total. The number of hydrogen-bond donors (Lipinski definition) is 0. The molecule has 2 atom stereocenters. The Morgan fingerprint density at radius 3 is 2.68 bits per heavy atom. The van der Waals surface area contributed by atoms with Crippen molar-refractivity contribution in [2.75, 3.05) is 25.1 Å². The molecule has 3 rings (SSSR count). The summed E-state index contributed by atoms with van der Waals surface area (Å²) in [5.41, 5.74) is 0.260. The van der Waals surface area contributed by atoms with Crippen LogP contribution in [-0.4, -0.2) is 53.1 Å². The molecule has 0 spiro atoms. The first-order valence-electron chi connectivity index (χ1n) is 10.1. The molecule has 1 aliphatic heterocycles. The number of rotatable bonds is 6. The van der Waals surface area contributed by atoms with Crippen molar-refractivity contribution in [2.45, 2.75) is 44.7 Å². The SMILES string of the molecule is COc1cc(C(F)(F)CCC(=O)N2C[C@H](C)N(c3ccc(C#N)cn3)C[C@@H]2C)ccn1. The van der Waals surface area contributed by atoms with E-state index in [2.05, 4.69) is 14.9 Å². The van der Waals surface area contributed by atoms with Gasteiger partial charge < -0.3 is 14.5 Å². The van der Waals surface area contributed by atoms with Gasteiger partial charge in [-0.15, -0.1) is 0 Å². The molecule has 2 aromatic heterocycles. The van der Waals surface area contributed by atoms with E-state index in [1.165, 1.54) is 31.6 Å². The minimum Gasteiger partial charge on any atom is -0.481 e. The minimum absolute atomic E-state index is 0.0365. The Balaban J connectivity index is 1.62. The lowest BCUT2D eigenvalue weighted by Gasteiger charge is -2.44. The summed E-state index contributed by atoms with van der Waals surface area (Å²) in [7, 11) is 1.36. The molecule has 0 aromatic carbocycles. The van der Waals surface area contributed by atoms with Gasteiger partial charge in [0.05, 0.1) is 12.7 Å². The normalized spacial score (nSPS) is 19.1. The molecule has 0 radical (unpaired) electrons. The van der Waals surface area contributed by atoms with Gasteiger partial charge in [-0.25, -0.2) is 18.7 Å². The van der Waals surface area contributed by atoms with Crippen LogP contribution < -0.4 is 9.64 Å². The predicted octanol–water partition coefficient (Wildman–Crippen LogP) is 3.35. The monoisotopic (exact) mass is 429 g/mol. The number of ether oxygens (including phenoxy) is 1. The number of methoxy groups -OCH3 is 1. The first kappa shape index (κ1) is 22.4. The van der Waals surface area contributed by atoms with Crippen LogP contribution in [0.25, 0.3) is 0 Å². The molecule has 7 nitrogen and oxygen atoms in total. The van der Waals surface area contributed by atoms with E-state index in [1.54, 1.807) is 17.0 Å². The fraction of sp³-hybridized carbons (Fsp3) is 0.455. The van der Waals surface area contributed by atoms with E-state index in [1.807, 2.05) is 19.9 Å². The summed E-state index contributed by atoms with van der Waals surface area (Å²) >= 11 is 0. The van der Waals surface area contributed by atoms with Crippen molar-refractivity contribution in [1.82, 2.24) is 14.9 Å². The predicted molar refractivity (Wildman–Crippen MR) is 111 cm³/mol. The second-order valence-electron chi connectivity index (χ2n) is 7.70. The molecule has 1 aliphatic rings. The number of aromatic nitrogens is 2. The molecule has 0 bridgehead atoms. The smallest absolute Gasteiger partial charge is 0.274 e. The van der Waals surface area contributed by atoms with Crippen molar-refractivity contribution in [1.29, 1.82) is 5.26 Å². The highest BCUT2D eigenvalue weighted by Gasteiger charge is 2.36. The molecule has 2 aromatic rings. The fourth-order valence-electron chi connectivity index (χ4n) is 3.72. The second-order valence-corrected chi connectivity index (χ2v) is 7.70. The van der Waals surface area contributed by atoms with Gasteiger partial charge in [-0.1, -0.05) is 0 Å². The number of hydrogen-bond acceptors (Lipinski definition) is 6. The molecule has 31 heavy (non-hydrogen) atoms. The van der Waals surface area contributed by atoms with Crippen LogP contribution in [0.15, 0.2) is 36.7 Å². The van der Waals surface area contributed by atoms with Crippen molar-refractivity contribution >= 4 is 11.7 Å². The molecule has 0 saturated carbocycles. The van der Waals surface area contributed by atoms with E-state index in [-0.39, 0.29) is 35.9 Å². The van der Waals surface area contributed by atoms with Crippen molar-refractivity contribution in [3.8, 4) is 11.9 Å². The van der Waals surface area contributed by atoms with Crippen LogP contribution in [0.3, 0.4) is 0 Å². The van der Waals surface area contributed by atoms with Crippen LogP contribution in [0.1, 0.15) is 37.8 Å². The third-order valence-electron chi connectivity index (χ3n) is 5.50. The number of pyridine rings is 2. The van der Waals surface area contributed by atoms with Crippen LogP contribution >= 0.6 is 0 Å². The highest BCUT2D eigenvalue weighted by molar-refractivity contribution is 5.77. The number of amides is 1. The summed E-state index contributed by atoms with van der Waals surface area (Å²) in [6.45, 7) is 4.80. The number of anilines is 1. The number of nitriles is 1. The number of piperazine rings is 1. The first-order chi connectivity index (χ1) is 14.7. The maximum atomic E-state index is 14.6. The summed E-state index contributed by atoms with van der Waals surface area (Å²) in [6.07, 6.45) is 1.94. The van der Waals surface area contributed by atoms with Gasteiger partial charge in [-0.3, -0.25) is 4.79 Å². The van der Waals surface area contributed by atoms with Gasteiger partial charge in [0, 0.05) is 62.0 Å². The second kappa shape index (κ2) is 9.25. The van der Waals surface area contributed by atoms with Gasteiger partial charge in [-0.05, 0) is 32.0 Å². The number of carbonyl (C=O) groups is 1. The fourth-order valence-corrected chi connectivity index (χ4v) is 3.72. The van der Waals surface area contributed by atoms with Crippen LogP contribution in [0.5, 0.6) is 5.88 Å². The van der Waals surface area contributed by atoms with Crippen molar-refractivity contribution in [3.63, 3.8) is 0 Å². The van der Waals surface area contributed by atoms with E-state index < -0.39 is 12.3 Å². The Bertz CT molecular complexity index is 961. The lowest BCUT2D eigenvalue weighted by molar-refractivity contribution is -0.136. The number of nitrogens with zero attached hydrogens (tertiary/aromatic N) is 5. The summed E-state index contributed by atoms with van der Waals surface area (Å²) in [6, 6.07) is 7.76. The van der Waals surface area contributed by atoms with E-state index in [0.29, 0.717) is 18.7 Å². The zero-order chi connectivity index (χ0) is 22.6. The summed E-state index contributed by atoms with van der Waals surface area (Å²) in [5.74, 6) is -2.62. The molecule has 3 heterocycles. The Hall–Kier alpha value is -3.28. The van der Waals surface area contributed by atoms with Gasteiger partial charge in [0.15, 0.2) is 0 Å². The van der Waals surface area contributed by atoms with Gasteiger partial charge in [0.2, 0.25) is 11.8 Å². The van der Waals surface area contributed by atoms with Crippen molar-refractivity contribution < 1.29 is 18.3 Å². The highest BCUT2D eigenvalue weighted by atomic mass is 19.3. The molecule has 1 saturated heterocycles. The molecule has 1 amide bonds. The van der Waals surface area contributed by atoms with Crippen molar-refractivity contribution in [2.24, 2.45) is 0 Å². The quantitative estimate of drug-likeness (QED) is 0.700. The van der Waals surface area contributed by atoms with Gasteiger partial charge in [-0.2, -0.15) is 5.26 Å². The molecular formula is C22H25F2N5O2. The Morgan fingerprint density at radius 1 is 1.26 bits per heavy atom. The largest absolute Gasteiger partial charge is 0.481 e. The molecular weight excluding hydrogens is 404 g/mol. The molecule has 9 heteroatoms. The van der Waals surface area contributed by atoms with Gasteiger partial charge >= 0.3 is 0 Å². The minimum atomic E-state index is -3.16. The van der Waals surface area contributed by atoms with E-state index in [0.717, 1.165) is 5.82 Å². The first-order valence-corrected chi connectivity index (χ1v) is 10.1. The molecule has 0 unspecified atom stereocenters. The zero-order valence-electron chi connectivity index (χ0n) is 17.8. The number of halogens is 2. The van der Waals surface area contributed by atoms with Crippen LogP contribution in [-0.2, 0) is 10.7 Å². The third-order valence-corrected chi connectivity index (χ3v) is 5.50. The molecule has 0 aliphatic carbocycles.